The summed E-state index contributed by atoms with van der Waals surface area (Å²) < 4.78 is 11.6. The highest BCUT2D eigenvalue weighted by molar-refractivity contribution is 9.10. The Morgan fingerprint density at radius 1 is 1.40 bits per heavy atom. The first-order chi connectivity index (χ1) is 9.55. The highest BCUT2D eigenvalue weighted by Gasteiger charge is 2.20. The summed E-state index contributed by atoms with van der Waals surface area (Å²) in [4.78, 5) is 11.6. The highest BCUT2D eigenvalue weighted by Crippen LogP contribution is 2.37. The third kappa shape index (κ3) is 3.10. The average molecular weight is 357 g/mol. The van der Waals surface area contributed by atoms with E-state index in [1.807, 2.05) is 13.0 Å². The lowest BCUT2D eigenvalue weighted by Crippen LogP contribution is -2.21. The van der Waals surface area contributed by atoms with Gasteiger partial charge in [0, 0.05) is 0 Å². The van der Waals surface area contributed by atoms with E-state index in [-0.39, 0.29) is 5.91 Å². The minimum atomic E-state index is -0.251. The molecule has 1 amide bonds. The predicted octanol–water partition coefficient (Wildman–Crippen LogP) is 2.20. The van der Waals surface area contributed by atoms with Crippen molar-refractivity contribution in [2.24, 2.45) is 0 Å². The Morgan fingerprint density at radius 2 is 2.15 bits per heavy atom. The van der Waals surface area contributed by atoms with Gasteiger partial charge in [0.1, 0.15) is 5.70 Å². The Bertz CT molecular complexity index is 602. The van der Waals surface area contributed by atoms with Gasteiger partial charge in [-0.15, -0.1) is 0 Å². The third-order valence-electron chi connectivity index (χ3n) is 2.57. The molecule has 1 aliphatic heterocycles. The van der Waals surface area contributed by atoms with Crippen molar-refractivity contribution in [2.75, 3.05) is 13.7 Å². The molecule has 1 heterocycles. The molecule has 0 bridgehead atoms. The summed E-state index contributed by atoms with van der Waals surface area (Å²) in [5.74, 6) is 0.976. The van der Waals surface area contributed by atoms with Crippen LogP contribution in [0.25, 0.3) is 6.08 Å². The zero-order valence-electron chi connectivity index (χ0n) is 11.0. The minimum Gasteiger partial charge on any atom is -0.493 e. The zero-order valence-corrected chi connectivity index (χ0v) is 13.4. The van der Waals surface area contributed by atoms with Crippen LogP contribution in [0.15, 0.2) is 22.3 Å². The molecule has 0 spiro atoms. The number of nitrogens with one attached hydrogen (secondary N) is 2. The molecule has 0 atom stereocenters. The Labute approximate surface area is 130 Å². The van der Waals surface area contributed by atoms with E-state index in [4.69, 9.17) is 21.7 Å². The van der Waals surface area contributed by atoms with E-state index in [9.17, 15) is 4.79 Å². The Hall–Kier alpha value is -1.60. The summed E-state index contributed by atoms with van der Waals surface area (Å²) in [6.45, 7) is 2.43. The molecule has 7 heteroatoms. The van der Waals surface area contributed by atoms with Crippen LogP contribution >= 0.6 is 28.1 Å². The number of thiocarbonyl (C=S) groups is 1. The average Bonchev–Trinajstić information content (AvgIpc) is 2.70. The maximum atomic E-state index is 11.6. The number of hydrogen-bond acceptors (Lipinski definition) is 4. The van der Waals surface area contributed by atoms with E-state index in [0.717, 1.165) is 10.0 Å². The van der Waals surface area contributed by atoms with Crippen molar-refractivity contribution >= 4 is 45.2 Å². The second kappa shape index (κ2) is 6.23. The molecule has 0 saturated carbocycles. The zero-order chi connectivity index (χ0) is 14.7. The van der Waals surface area contributed by atoms with Crippen LogP contribution in [0.2, 0.25) is 0 Å². The maximum absolute atomic E-state index is 11.6. The van der Waals surface area contributed by atoms with Crippen LogP contribution in [0, 0.1) is 0 Å². The number of carbonyl (C=O) groups is 1. The lowest BCUT2D eigenvalue weighted by Gasteiger charge is -2.12. The Kier molecular flexibility index (Phi) is 4.61. The smallest absolute Gasteiger partial charge is 0.273 e. The lowest BCUT2D eigenvalue weighted by molar-refractivity contribution is -0.115. The van der Waals surface area contributed by atoms with Gasteiger partial charge in [-0.25, -0.2) is 0 Å². The lowest BCUT2D eigenvalue weighted by atomic mass is 10.1. The molecule has 1 saturated heterocycles. The number of carbonyl (C=O) groups excluding carboxylic acids is 1. The van der Waals surface area contributed by atoms with Crippen LogP contribution in [0.5, 0.6) is 11.5 Å². The van der Waals surface area contributed by atoms with Crippen molar-refractivity contribution in [3.05, 3.63) is 27.9 Å². The molecule has 5 nitrogen and oxygen atoms in total. The molecule has 20 heavy (non-hydrogen) atoms. The van der Waals surface area contributed by atoms with Crippen LogP contribution in [-0.2, 0) is 4.79 Å². The van der Waals surface area contributed by atoms with Gasteiger partial charge < -0.3 is 14.8 Å². The van der Waals surface area contributed by atoms with Gasteiger partial charge in [0.2, 0.25) is 0 Å². The minimum absolute atomic E-state index is 0.251. The van der Waals surface area contributed by atoms with Gasteiger partial charge in [-0.05, 0) is 58.8 Å². The summed E-state index contributed by atoms with van der Waals surface area (Å²) >= 11 is 8.32. The summed E-state index contributed by atoms with van der Waals surface area (Å²) in [7, 11) is 1.57. The Balaban J connectivity index is 2.39. The number of hydrogen-bond donors (Lipinski definition) is 2. The van der Waals surface area contributed by atoms with Gasteiger partial charge in [-0.3, -0.25) is 10.1 Å². The number of benzene rings is 1. The topological polar surface area (TPSA) is 59.6 Å². The van der Waals surface area contributed by atoms with E-state index in [2.05, 4.69) is 26.6 Å². The van der Waals surface area contributed by atoms with Gasteiger partial charge >= 0.3 is 0 Å². The molecule has 0 aromatic heterocycles. The van der Waals surface area contributed by atoms with E-state index in [0.29, 0.717) is 28.9 Å². The first-order valence-corrected chi connectivity index (χ1v) is 7.09. The van der Waals surface area contributed by atoms with Gasteiger partial charge in [-0.1, -0.05) is 0 Å². The molecule has 0 aliphatic carbocycles. The molecule has 2 rings (SSSR count). The molecule has 1 aromatic rings. The molecule has 1 aliphatic rings. The molecule has 106 valence electrons. The fourth-order valence-corrected chi connectivity index (χ4v) is 2.53. The van der Waals surface area contributed by atoms with Gasteiger partial charge in [0.25, 0.3) is 5.91 Å². The van der Waals surface area contributed by atoms with Gasteiger partial charge in [0.05, 0.1) is 18.2 Å². The molecule has 1 fully saturated rings. The van der Waals surface area contributed by atoms with Crippen molar-refractivity contribution in [1.29, 1.82) is 0 Å². The van der Waals surface area contributed by atoms with Crippen LogP contribution in [0.1, 0.15) is 12.5 Å². The first kappa shape index (κ1) is 14.8. The Morgan fingerprint density at radius 3 is 2.70 bits per heavy atom. The third-order valence-corrected chi connectivity index (χ3v) is 3.36. The summed E-state index contributed by atoms with van der Waals surface area (Å²) in [6.07, 6.45) is 1.69. The second-order valence-electron chi connectivity index (χ2n) is 3.93. The molecule has 0 radical (unpaired) electrons. The quantitative estimate of drug-likeness (QED) is 0.639. The van der Waals surface area contributed by atoms with Crippen molar-refractivity contribution in [3.63, 3.8) is 0 Å². The van der Waals surface area contributed by atoms with E-state index >= 15 is 0 Å². The SMILES string of the molecule is CCOc1c(Br)cc(/C=C2\NC(=S)NC2=O)cc1OC. The fourth-order valence-electron chi connectivity index (χ4n) is 1.76. The molecular formula is C13H13BrN2O3S. The summed E-state index contributed by atoms with van der Waals surface area (Å²) in [5.41, 5.74) is 1.19. The second-order valence-corrected chi connectivity index (χ2v) is 5.20. The molecule has 0 unspecified atom stereocenters. The van der Waals surface area contributed by atoms with E-state index in [1.165, 1.54) is 0 Å². The molecule has 1 aromatic carbocycles. The molecular weight excluding hydrogens is 344 g/mol. The number of amides is 1. The molecule has 2 N–H and O–H groups in total. The van der Waals surface area contributed by atoms with E-state index < -0.39 is 0 Å². The fraction of sp³-hybridized carbons (Fsp3) is 0.231. The highest BCUT2D eigenvalue weighted by atomic mass is 79.9. The van der Waals surface area contributed by atoms with Gasteiger partial charge in [-0.2, -0.15) is 0 Å². The number of halogens is 1. The summed E-state index contributed by atoms with van der Waals surface area (Å²) in [6, 6.07) is 3.63. The van der Waals surface area contributed by atoms with Gasteiger partial charge in [0.15, 0.2) is 16.6 Å². The van der Waals surface area contributed by atoms with Crippen LogP contribution in [-0.4, -0.2) is 24.7 Å². The standard InChI is InChI=1S/C13H13BrN2O3S/c1-3-19-11-8(14)4-7(6-10(11)18-2)5-9-12(17)16-13(20)15-9/h4-6H,3H2,1-2H3,(H2,15,16,17,20)/b9-5-. The first-order valence-electron chi connectivity index (χ1n) is 5.89. The van der Waals surface area contributed by atoms with Crippen molar-refractivity contribution in [1.82, 2.24) is 10.6 Å². The predicted molar refractivity (Wildman–Crippen MR) is 83.7 cm³/mol. The van der Waals surface area contributed by atoms with Crippen LogP contribution in [0.3, 0.4) is 0 Å². The van der Waals surface area contributed by atoms with Crippen LogP contribution in [0.4, 0.5) is 0 Å². The normalized spacial score (nSPS) is 16.1. The number of ether oxygens (including phenoxy) is 2. The number of methoxy groups -OCH3 is 1. The largest absolute Gasteiger partial charge is 0.493 e. The van der Waals surface area contributed by atoms with Crippen molar-refractivity contribution in [3.8, 4) is 11.5 Å². The van der Waals surface area contributed by atoms with Crippen LogP contribution < -0.4 is 20.1 Å². The van der Waals surface area contributed by atoms with E-state index in [1.54, 1.807) is 19.3 Å². The number of rotatable bonds is 4. The van der Waals surface area contributed by atoms with Crippen molar-refractivity contribution in [2.45, 2.75) is 6.92 Å². The van der Waals surface area contributed by atoms with Crippen molar-refractivity contribution < 1.29 is 14.3 Å². The summed E-state index contributed by atoms with van der Waals surface area (Å²) in [5, 5.41) is 5.60. The maximum Gasteiger partial charge on any atom is 0.273 e. The monoisotopic (exact) mass is 356 g/mol.